The van der Waals surface area contributed by atoms with Crippen molar-refractivity contribution >= 4 is 5.78 Å². The lowest BCUT2D eigenvalue weighted by Gasteiger charge is -2.19. The van der Waals surface area contributed by atoms with Crippen LogP contribution in [0.1, 0.15) is 55.5 Å². The van der Waals surface area contributed by atoms with Gasteiger partial charge in [-0.1, -0.05) is 56.3 Å². The van der Waals surface area contributed by atoms with Gasteiger partial charge in [0.1, 0.15) is 5.78 Å². The van der Waals surface area contributed by atoms with Crippen molar-refractivity contribution in [2.24, 2.45) is 7.05 Å². The normalized spacial score (nSPS) is 12.8. The second-order valence-corrected chi connectivity index (χ2v) is 8.41. The summed E-state index contributed by atoms with van der Waals surface area (Å²) in [6, 6.07) is 11.7. The molecule has 0 fully saturated rings. The van der Waals surface area contributed by atoms with Crippen LogP contribution in [0.4, 0.5) is 8.78 Å². The van der Waals surface area contributed by atoms with Crippen LogP contribution in [0.2, 0.25) is 0 Å². The molecule has 2 aromatic carbocycles. The van der Waals surface area contributed by atoms with Gasteiger partial charge in [0.25, 0.3) is 0 Å². The van der Waals surface area contributed by atoms with E-state index in [1.807, 2.05) is 24.3 Å². The van der Waals surface area contributed by atoms with Gasteiger partial charge in [0.05, 0.1) is 5.69 Å². The molecule has 29 heavy (non-hydrogen) atoms. The second-order valence-electron chi connectivity index (χ2n) is 8.41. The summed E-state index contributed by atoms with van der Waals surface area (Å²) in [7, 11) is 1.72. The molecule has 3 aromatic rings. The van der Waals surface area contributed by atoms with E-state index >= 15 is 0 Å². The minimum atomic E-state index is -0.943. The fraction of sp³-hybridized carbons (Fsp3) is 0.348. The molecule has 0 radical (unpaired) electrons. The molecule has 0 aliphatic carbocycles. The molecule has 1 heterocycles. The minimum absolute atomic E-state index is 0.00565. The summed E-state index contributed by atoms with van der Waals surface area (Å²) in [6.07, 6.45) is 2.09. The number of rotatable bonds is 6. The van der Waals surface area contributed by atoms with E-state index in [4.69, 9.17) is 0 Å². The highest BCUT2D eigenvalue weighted by atomic mass is 19.2. The number of hydrogen-bond acceptors (Lipinski definition) is 3. The third-order valence-electron chi connectivity index (χ3n) is 4.98. The summed E-state index contributed by atoms with van der Waals surface area (Å²) >= 11 is 0. The molecule has 0 amide bonds. The van der Waals surface area contributed by atoms with Gasteiger partial charge in [-0.3, -0.25) is 9.48 Å². The first-order valence-corrected chi connectivity index (χ1v) is 9.56. The van der Waals surface area contributed by atoms with Crippen LogP contribution >= 0.6 is 0 Å². The average Bonchev–Trinajstić information content (AvgIpc) is 3.08. The van der Waals surface area contributed by atoms with E-state index in [0.717, 1.165) is 17.7 Å². The zero-order valence-corrected chi connectivity index (χ0v) is 17.1. The number of ketones is 1. The van der Waals surface area contributed by atoms with Gasteiger partial charge in [-0.15, -0.1) is 5.10 Å². The highest BCUT2D eigenvalue weighted by Gasteiger charge is 2.23. The summed E-state index contributed by atoms with van der Waals surface area (Å²) in [5, 5.41) is 8.00. The molecule has 0 N–H and O–H groups in total. The van der Waals surface area contributed by atoms with Gasteiger partial charge in [0, 0.05) is 32.0 Å². The van der Waals surface area contributed by atoms with Crippen LogP contribution in [0.15, 0.2) is 48.7 Å². The largest absolute Gasteiger partial charge is 0.299 e. The highest BCUT2D eigenvalue weighted by Crippen LogP contribution is 2.29. The van der Waals surface area contributed by atoms with Gasteiger partial charge in [0.2, 0.25) is 0 Å². The van der Waals surface area contributed by atoms with Crippen molar-refractivity contribution in [2.75, 3.05) is 0 Å². The SMILES string of the molecule is Cn1cc(C(CC(=O)Cc2ccc(C(C)(C)C)cc2)c2ccc(F)c(F)c2)nn1. The fourth-order valence-corrected chi connectivity index (χ4v) is 3.30. The number of halogens is 2. The molecule has 1 aromatic heterocycles. The second kappa shape index (κ2) is 8.23. The molecule has 0 bridgehead atoms. The number of aryl methyl sites for hydroxylation is 1. The van der Waals surface area contributed by atoms with Crippen molar-refractivity contribution in [3.05, 3.63) is 82.7 Å². The molecule has 152 valence electrons. The number of carbonyl (C=O) groups excluding carboxylic acids is 1. The maximum absolute atomic E-state index is 13.8. The minimum Gasteiger partial charge on any atom is -0.299 e. The summed E-state index contributed by atoms with van der Waals surface area (Å²) in [5.74, 6) is -2.35. The van der Waals surface area contributed by atoms with E-state index in [1.165, 1.54) is 16.3 Å². The first-order chi connectivity index (χ1) is 13.6. The smallest absolute Gasteiger partial charge is 0.159 e. The van der Waals surface area contributed by atoms with E-state index in [-0.39, 0.29) is 24.0 Å². The molecular weight excluding hydrogens is 372 g/mol. The Morgan fingerprint density at radius 1 is 1.07 bits per heavy atom. The molecule has 6 heteroatoms. The molecule has 0 aliphatic rings. The number of carbonyl (C=O) groups is 1. The Morgan fingerprint density at radius 3 is 2.31 bits per heavy atom. The Labute approximate surface area is 169 Å². The lowest BCUT2D eigenvalue weighted by molar-refractivity contribution is -0.118. The van der Waals surface area contributed by atoms with Crippen molar-refractivity contribution in [1.29, 1.82) is 0 Å². The summed E-state index contributed by atoms with van der Waals surface area (Å²) in [4.78, 5) is 12.8. The van der Waals surface area contributed by atoms with Gasteiger partial charge in [-0.2, -0.15) is 0 Å². The number of aromatic nitrogens is 3. The van der Waals surface area contributed by atoms with E-state index < -0.39 is 17.6 Å². The van der Waals surface area contributed by atoms with Gasteiger partial charge in [0.15, 0.2) is 11.6 Å². The lowest BCUT2D eigenvalue weighted by atomic mass is 9.86. The van der Waals surface area contributed by atoms with Crippen molar-refractivity contribution in [1.82, 2.24) is 15.0 Å². The number of nitrogens with zero attached hydrogens (tertiary/aromatic N) is 3. The Kier molecular flexibility index (Phi) is 5.91. The molecule has 0 spiro atoms. The maximum atomic E-state index is 13.8. The topological polar surface area (TPSA) is 47.8 Å². The lowest BCUT2D eigenvalue weighted by Crippen LogP contribution is -2.13. The molecule has 0 saturated carbocycles. The quantitative estimate of drug-likeness (QED) is 0.604. The summed E-state index contributed by atoms with van der Waals surface area (Å²) < 4.78 is 28.7. The predicted molar refractivity (Wildman–Crippen MR) is 108 cm³/mol. The third kappa shape index (κ3) is 5.13. The van der Waals surface area contributed by atoms with E-state index in [2.05, 4.69) is 31.1 Å². The van der Waals surface area contributed by atoms with Gasteiger partial charge in [-0.25, -0.2) is 8.78 Å². The first kappa shape index (κ1) is 20.8. The molecule has 1 unspecified atom stereocenters. The zero-order chi connectivity index (χ0) is 21.2. The molecular formula is C23H25F2N3O. The highest BCUT2D eigenvalue weighted by molar-refractivity contribution is 5.82. The van der Waals surface area contributed by atoms with Crippen molar-refractivity contribution < 1.29 is 13.6 Å². The van der Waals surface area contributed by atoms with Crippen LogP contribution in [0.25, 0.3) is 0 Å². The van der Waals surface area contributed by atoms with Crippen LogP contribution in [0, 0.1) is 11.6 Å². The Bertz CT molecular complexity index is 1000. The summed E-state index contributed by atoms with van der Waals surface area (Å²) in [6.45, 7) is 6.42. The van der Waals surface area contributed by atoms with Gasteiger partial charge < -0.3 is 0 Å². The van der Waals surface area contributed by atoms with Crippen molar-refractivity contribution in [3.8, 4) is 0 Å². The van der Waals surface area contributed by atoms with Crippen LogP contribution in [-0.4, -0.2) is 20.8 Å². The molecule has 0 saturated heterocycles. The van der Waals surface area contributed by atoms with Crippen LogP contribution in [-0.2, 0) is 23.7 Å². The molecule has 1 atom stereocenters. The molecule has 4 nitrogen and oxygen atoms in total. The molecule has 3 rings (SSSR count). The van der Waals surface area contributed by atoms with E-state index in [9.17, 15) is 13.6 Å². The standard InChI is InChI=1S/C23H25F2N3O/c1-23(2,3)17-8-5-15(6-9-17)11-18(29)13-19(22-14-28(4)27-26-22)16-7-10-20(24)21(25)12-16/h5-10,12,14,19H,11,13H2,1-4H3. The monoisotopic (exact) mass is 397 g/mol. The number of hydrogen-bond donors (Lipinski definition) is 0. The number of benzene rings is 2. The molecule has 0 aliphatic heterocycles. The van der Waals surface area contributed by atoms with Gasteiger partial charge in [-0.05, 0) is 34.2 Å². The van der Waals surface area contributed by atoms with E-state index in [0.29, 0.717) is 11.3 Å². The number of Topliss-reactive ketones (excluding diaryl/α,β-unsaturated/α-hetero) is 1. The Balaban J connectivity index is 1.80. The summed E-state index contributed by atoms with van der Waals surface area (Å²) in [5.41, 5.74) is 3.22. The first-order valence-electron chi connectivity index (χ1n) is 9.56. The van der Waals surface area contributed by atoms with E-state index in [1.54, 1.807) is 13.2 Å². The van der Waals surface area contributed by atoms with Crippen molar-refractivity contribution in [2.45, 2.75) is 44.9 Å². The Hall–Kier alpha value is -2.89. The average molecular weight is 397 g/mol. The third-order valence-corrected chi connectivity index (χ3v) is 4.98. The predicted octanol–water partition coefficient (Wildman–Crippen LogP) is 4.72. The maximum Gasteiger partial charge on any atom is 0.159 e. The van der Waals surface area contributed by atoms with Gasteiger partial charge >= 0.3 is 0 Å². The Morgan fingerprint density at radius 2 is 1.76 bits per heavy atom. The van der Waals surface area contributed by atoms with Crippen molar-refractivity contribution in [3.63, 3.8) is 0 Å². The van der Waals surface area contributed by atoms with Crippen LogP contribution in [0.5, 0.6) is 0 Å². The van der Waals surface area contributed by atoms with Crippen LogP contribution in [0.3, 0.4) is 0 Å². The van der Waals surface area contributed by atoms with Crippen LogP contribution < -0.4 is 0 Å². The fourth-order valence-electron chi connectivity index (χ4n) is 3.30. The zero-order valence-electron chi connectivity index (χ0n) is 17.1.